The largest absolute Gasteiger partial charge is 2.00 e. The Kier molecular flexibility index (Phi) is 50.2. The van der Waals surface area contributed by atoms with E-state index in [4.69, 9.17) is 31.6 Å². The van der Waals surface area contributed by atoms with Crippen LogP contribution < -0.4 is 79.2 Å². The molecule has 0 atom stereocenters. The number of nitriles is 2. The summed E-state index contributed by atoms with van der Waals surface area (Å²) < 4.78 is 0. The zero-order valence-electron chi connectivity index (χ0n) is 63.1. The average Bonchev–Trinajstić information content (AvgIpc) is 0.784. The Morgan fingerprint density at radius 1 is 0.286 bits per heavy atom. The van der Waals surface area contributed by atoms with Crippen molar-refractivity contribution in [3.63, 3.8) is 0 Å². The van der Waals surface area contributed by atoms with Crippen molar-refractivity contribution in [2.75, 3.05) is 0 Å². The van der Waals surface area contributed by atoms with Crippen LogP contribution in [0.5, 0.6) is 34.5 Å². The molecule has 16 nitrogen and oxygen atoms in total. The minimum absolute atomic E-state index is 0. The smallest absolute Gasteiger partial charge is 1.00 e. The predicted octanol–water partition coefficient (Wildman–Crippen LogP) is 2.74. The maximum atomic E-state index is 15.0. The van der Waals surface area contributed by atoms with E-state index >= 15 is 20.4 Å². The molecule has 2 radical (unpaired) electrons. The van der Waals surface area contributed by atoms with Crippen molar-refractivity contribution in [1.82, 2.24) is 0 Å². The van der Waals surface area contributed by atoms with E-state index in [2.05, 4.69) is 125 Å². The van der Waals surface area contributed by atoms with Crippen LogP contribution in [0.4, 0.5) is 0 Å². The Balaban J connectivity index is -0.000000469. The third-order valence-electron chi connectivity index (χ3n) is 15.0. The molecule has 0 spiro atoms. The summed E-state index contributed by atoms with van der Waals surface area (Å²) in [6, 6.07) is 35.0. The summed E-state index contributed by atoms with van der Waals surface area (Å²) in [5.74, 6) is -0.639. The van der Waals surface area contributed by atoms with Gasteiger partial charge in [-0.2, -0.15) is 10.5 Å². The Hall–Kier alpha value is -6.74. The van der Waals surface area contributed by atoms with Crippen molar-refractivity contribution < 1.29 is 148 Å². The molecule has 7 rings (SSSR count). The molecule has 0 fully saturated rings. The molecule has 1 aliphatic carbocycles. The molecule has 522 valence electrons. The first-order valence-corrected chi connectivity index (χ1v) is 30.4. The normalized spacial score (nSPS) is 11.0. The second kappa shape index (κ2) is 45.8. The third-order valence-corrected chi connectivity index (χ3v) is 15.0. The van der Waals surface area contributed by atoms with E-state index in [-0.39, 0.29) is 202 Å². The quantitative estimate of drug-likeness (QED) is 0.122. The van der Waals surface area contributed by atoms with Gasteiger partial charge in [0.2, 0.25) is 0 Å². The van der Waals surface area contributed by atoms with Crippen molar-refractivity contribution in [2.45, 2.75) is 237 Å². The summed E-state index contributed by atoms with van der Waals surface area (Å²) in [4.78, 5) is 0. The second-order valence-corrected chi connectivity index (χ2v) is 28.8. The molecule has 98 heavy (non-hydrogen) atoms. The van der Waals surface area contributed by atoms with Crippen molar-refractivity contribution in [3.8, 4) is 70.9 Å². The molecule has 20 heteroatoms. The fraction of sp³-hybridized carbons (Fsp3) is 0.462. The van der Waals surface area contributed by atoms with E-state index in [9.17, 15) is 10.2 Å². The van der Waals surface area contributed by atoms with Crippen LogP contribution in [0.3, 0.4) is 0 Å². The molecule has 0 amide bonds. The third kappa shape index (κ3) is 31.2. The number of rotatable bonds is 0. The number of nitrogens with one attached hydrogen (secondary N) is 4. The second-order valence-electron chi connectivity index (χ2n) is 28.8. The van der Waals surface area contributed by atoms with Crippen LogP contribution in [0.1, 0.15) is 266 Å². The van der Waals surface area contributed by atoms with Crippen molar-refractivity contribution in [2.24, 2.45) is 0 Å². The standard InChI is InChI=1S/C66H84O6.6C2H3N.2Li.4O.2V/c1-61(2,3)49-25-37-19-39-27-50(62(4,5)6)29-41(56(39)68)21-43-31-52(64(10,11)12)33-45(58(43)70)23-47-35-54(66(16,17)18)36-48(60(47)72)24-46-34-53(65(13,14)15)32-44(59(46)71)22-42-30-51(63(7,8)9)28-40(57(42)69)20-38(26-49)55(37)67;6*1-2-3;;;;;;;;/h25-36,67-72H,19-24H2,1-18H3;6*1H3;;;;;;;;/q;;;;;;;2*+1;4*-2;;. The molecular formula is C78H102Li2N6O10V2-6. The van der Waals surface area contributed by atoms with E-state index in [0.29, 0.717) is 66.8 Å². The van der Waals surface area contributed by atoms with Crippen molar-refractivity contribution >= 4 is 0 Å². The van der Waals surface area contributed by atoms with Gasteiger partial charge in [-0.15, -0.1) is 44.0 Å². The molecule has 0 saturated carbocycles. The number of phenols is 2. The summed E-state index contributed by atoms with van der Waals surface area (Å²) in [5, 5.41) is 123. The minimum atomic E-state index is -0.353. The van der Waals surface area contributed by atoms with Gasteiger partial charge >= 0.3 is 37.7 Å². The number of fused-ring (bicyclic) bond motifs is 12. The Bertz CT molecular complexity index is 2980. The predicted molar refractivity (Wildman–Crippen MR) is 356 cm³/mol. The van der Waals surface area contributed by atoms with Gasteiger partial charge in [0, 0.05) is 76.6 Å². The van der Waals surface area contributed by atoms with Crippen molar-refractivity contribution in [1.29, 1.82) is 10.5 Å². The molecule has 6 aromatic carbocycles. The van der Waals surface area contributed by atoms with E-state index in [1.165, 1.54) is 13.8 Å². The zero-order valence-corrected chi connectivity index (χ0v) is 65.9. The zero-order chi connectivity index (χ0) is 69.8. The van der Waals surface area contributed by atoms with Crippen LogP contribution in [0.2, 0.25) is 0 Å². The van der Waals surface area contributed by atoms with E-state index in [1.807, 2.05) is 97.1 Å². The van der Waals surface area contributed by atoms with E-state index in [0.717, 1.165) is 33.4 Å². The van der Waals surface area contributed by atoms with Gasteiger partial charge in [-0.3, -0.25) is 0 Å². The molecular weight excluding hydrogens is 1300 g/mol. The van der Waals surface area contributed by atoms with Gasteiger partial charge in [0.1, 0.15) is 11.5 Å². The summed E-state index contributed by atoms with van der Waals surface area (Å²) in [6.45, 7) is 47.0. The van der Waals surface area contributed by atoms with Crippen LogP contribution in [0.15, 0.2) is 72.8 Å². The van der Waals surface area contributed by atoms with Gasteiger partial charge in [0.25, 0.3) is 24.3 Å². The fourth-order valence-electron chi connectivity index (χ4n) is 9.96. The molecule has 6 N–H and O–H groups in total. The summed E-state index contributed by atoms with van der Waals surface area (Å²) in [7, 11) is 0. The van der Waals surface area contributed by atoms with Crippen LogP contribution in [0.25, 0.3) is 0 Å². The van der Waals surface area contributed by atoms with E-state index < -0.39 is 0 Å². The average molecular weight is 1400 g/mol. The molecule has 0 saturated heterocycles. The first kappa shape index (κ1) is 107. The molecule has 0 aromatic heterocycles. The molecule has 1 aliphatic rings. The topological polar surface area (TPSA) is 389 Å². The van der Waals surface area contributed by atoms with Gasteiger partial charge in [0.15, 0.2) is 0 Å². The van der Waals surface area contributed by atoms with Gasteiger partial charge in [-0.1, -0.05) is 242 Å². The monoisotopic (exact) mass is 1400 g/mol. The van der Waals surface area contributed by atoms with Crippen molar-refractivity contribution in [3.05, 3.63) is 173 Å². The number of benzene rings is 6. The van der Waals surface area contributed by atoms with Crippen LogP contribution in [-0.2, 0) is 130 Å². The molecule has 0 unspecified atom stereocenters. The first-order valence-electron chi connectivity index (χ1n) is 30.4. The minimum Gasteiger partial charge on any atom is -2.00 e. The Morgan fingerprint density at radius 3 is 0.459 bits per heavy atom. The maximum absolute atomic E-state index is 15.0. The van der Waals surface area contributed by atoms with Crippen LogP contribution >= 0.6 is 0 Å². The number of nitrogens with zero attached hydrogens (tertiary/aromatic N) is 2. The number of hydrogen-bond donors (Lipinski definition) is 6. The van der Waals surface area contributed by atoms with Gasteiger partial charge in [0.05, 0.1) is 39.8 Å². The summed E-state index contributed by atoms with van der Waals surface area (Å²) >= 11 is 0. The molecule has 12 bridgehead atoms. The number of phenolic OH excluding ortho intramolecular Hbond substituents is 2. The number of aromatic hydroxyl groups is 2. The van der Waals surface area contributed by atoms with Gasteiger partial charge < -0.3 is 52.5 Å². The summed E-state index contributed by atoms with van der Waals surface area (Å²) in [6.07, 6.45) is 0.745. The molecule has 0 heterocycles. The Labute approximate surface area is 635 Å². The Morgan fingerprint density at radius 2 is 0.367 bits per heavy atom. The van der Waals surface area contributed by atoms with E-state index in [1.54, 1.807) is 39.8 Å². The van der Waals surface area contributed by atoms with Gasteiger partial charge in [-0.25, -0.2) is 0 Å². The first-order chi connectivity index (χ1) is 41.4. The maximum Gasteiger partial charge on any atom is 1.00 e. The van der Waals surface area contributed by atoms with Crippen LogP contribution in [-0.4, -0.2) is 10.2 Å². The van der Waals surface area contributed by atoms with Crippen LogP contribution in [0, 0.1) is 46.9 Å². The fourth-order valence-corrected chi connectivity index (χ4v) is 9.96. The summed E-state index contributed by atoms with van der Waals surface area (Å²) in [5.41, 5.74) is 10.00. The number of hydrogen-bond acceptors (Lipinski definition) is 8. The SMILES string of the molecule is CC#N.CC#N.CC#[NH+].CC#[NH+].CC#[NH+].CC#[NH+].CC(C)(C)c1cc2c([O-])c(c1)Cc1cc(C(C)(C)C)cc(c1O)Cc1cc(C(C)(C)C)cc(c1[O-])Cc1cc(C(C)(C)C)cc(c1[O-])Cc1cc(C(C)(C)C)cc(c1O)Cc1cc(C(C)(C)C)cc(c1[O-])C2.[Li+].[Li+].[O-2].[O-2].[O-2].[O-2].[V].[V]. The molecule has 6 aromatic rings. The molecule has 0 aliphatic heterocycles. The van der Waals surface area contributed by atoms with Gasteiger partial charge in [-0.05, 0) is 101 Å².